The zero-order valence-corrected chi connectivity index (χ0v) is 10.5. The molecule has 1 N–H and O–H groups in total. The van der Waals surface area contributed by atoms with Crippen molar-refractivity contribution in [3.8, 4) is 0 Å². The minimum absolute atomic E-state index is 0.425. The first-order valence-electron chi connectivity index (χ1n) is 5.64. The van der Waals surface area contributed by atoms with Gasteiger partial charge in [0.25, 0.3) is 0 Å². The van der Waals surface area contributed by atoms with E-state index in [1.807, 2.05) is 17.5 Å². The molecule has 1 fully saturated rings. The Labute approximate surface area is 95.5 Å². The molecule has 1 atom stereocenters. The summed E-state index contributed by atoms with van der Waals surface area (Å²) in [7, 11) is 2.15. The van der Waals surface area contributed by atoms with Gasteiger partial charge in [0.05, 0.1) is 0 Å². The number of hydrogen-bond donors (Lipinski definition) is 1. The Bertz CT molecular complexity index is 319. The molecule has 0 bridgehead atoms. The molecule has 1 aromatic heterocycles. The van der Waals surface area contributed by atoms with Gasteiger partial charge in [-0.05, 0) is 26.3 Å². The zero-order valence-electron chi connectivity index (χ0n) is 9.66. The summed E-state index contributed by atoms with van der Waals surface area (Å²) >= 11 is 1.81. The normalized spacial score (nSPS) is 17.8. The Kier molecular flexibility index (Phi) is 3.26. The van der Waals surface area contributed by atoms with Gasteiger partial charge < -0.3 is 10.2 Å². The van der Waals surface area contributed by atoms with Crippen LogP contribution in [0, 0.1) is 0 Å². The number of hydrogen-bond acceptors (Lipinski definition) is 4. The van der Waals surface area contributed by atoms with E-state index in [0.717, 1.165) is 17.7 Å². The highest BCUT2D eigenvalue weighted by atomic mass is 32.1. The van der Waals surface area contributed by atoms with Crippen molar-refractivity contribution >= 4 is 16.5 Å². The third kappa shape index (κ3) is 2.49. The molecule has 2 rings (SSSR count). The van der Waals surface area contributed by atoms with Gasteiger partial charge in [-0.1, -0.05) is 6.92 Å². The molecule has 1 saturated carbocycles. The molecule has 1 aliphatic carbocycles. The van der Waals surface area contributed by atoms with Crippen molar-refractivity contribution in [3.05, 3.63) is 11.1 Å². The van der Waals surface area contributed by atoms with Crippen LogP contribution in [0.2, 0.25) is 0 Å². The molecule has 1 aromatic rings. The number of thiazole rings is 1. The summed E-state index contributed by atoms with van der Waals surface area (Å²) in [5.41, 5.74) is 0. The van der Waals surface area contributed by atoms with Crippen LogP contribution in [0.5, 0.6) is 0 Å². The predicted octanol–water partition coefficient (Wildman–Crippen LogP) is 2.41. The van der Waals surface area contributed by atoms with Crippen LogP contribution in [0.25, 0.3) is 0 Å². The van der Waals surface area contributed by atoms with Crippen molar-refractivity contribution in [3.63, 3.8) is 0 Å². The second kappa shape index (κ2) is 4.49. The Hall–Kier alpha value is -0.610. The average molecular weight is 225 g/mol. The Morgan fingerprint density at radius 1 is 1.67 bits per heavy atom. The largest absolute Gasteiger partial charge is 0.348 e. The van der Waals surface area contributed by atoms with Crippen LogP contribution in [0.1, 0.15) is 37.6 Å². The van der Waals surface area contributed by atoms with E-state index in [4.69, 9.17) is 0 Å². The number of rotatable bonds is 5. The molecule has 0 aliphatic heterocycles. The minimum atomic E-state index is 0.425. The molecule has 3 nitrogen and oxygen atoms in total. The number of nitrogens with one attached hydrogen (secondary N) is 1. The SMILES string of the molecule is CCNC(C)c1cnc(N(C)C2CC2)s1. The van der Waals surface area contributed by atoms with Crippen LogP contribution in [0.4, 0.5) is 5.13 Å². The summed E-state index contributed by atoms with van der Waals surface area (Å²) in [6, 6.07) is 1.17. The first kappa shape index (κ1) is 10.9. The maximum Gasteiger partial charge on any atom is 0.185 e. The van der Waals surface area contributed by atoms with Gasteiger partial charge in [0.15, 0.2) is 5.13 Å². The fourth-order valence-electron chi connectivity index (χ4n) is 1.67. The van der Waals surface area contributed by atoms with E-state index in [1.54, 1.807) is 0 Å². The Morgan fingerprint density at radius 3 is 3.00 bits per heavy atom. The molecule has 0 saturated heterocycles. The van der Waals surface area contributed by atoms with Crippen molar-refractivity contribution in [2.24, 2.45) is 0 Å². The first-order valence-corrected chi connectivity index (χ1v) is 6.46. The summed E-state index contributed by atoms with van der Waals surface area (Å²) in [6.07, 6.45) is 4.66. The van der Waals surface area contributed by atoms with Gasteiger partial charge >= 0.3 is 0 Å². The highest BCUT2D eigenvalue weighted by Crippen LogP contribution is 2.33. The molecule has 4 heteroatoms. The number of aromatic nitrogens is 1. The van der Waals surface area contributed by atoms with E-state index in [0.29, 0.717) is 6.04 Å². The minimum Gasteiger partial charge on any atom is -0.348 e. The van der Waals surface area contributed by atoms with Gasteiger partial charge in [0.1, 0.15) is 0 Å². The standard InChI is InChI=1S/C11H19N3S/c1-4-12-8(2)10-7-13-11(15-10)14(3)9-5-6-9/h7-9,12H,4-6H2,1-3H3. The van der Waals surface area contributed by atoms with Gasteiger partial charge in [-0.15, -0.1) is 11.3 Å². The van der Waals surface area contributed by atoms with Gasteiger partial charge in [0, 0.05) is 30.2 Å². The zero-order chi connectivity index (χ0) is 10.8. The molecular formula is C11H19N3S. The molecule has 15 heavy (non-hydrogen) atoms. The topological polar surface area (TPSA) is 28.2 Å². The van der Waals surface area contributed by atoms with Gasteiger partial charge in [-0.2, -0.15) is 0 Å². The van der Waals surface area contributed by atoms with Crippen LogP contribution in [0.3, 0.4) is 0 Å². The van der Waals surface area contributed by atoms with E-state index < -0.39 is 0 Å². The lowest BCUT2D eigenvalue weighted by Gasteiger charge is -2.14. The lowest BCUT2D eigenvalue weighted by Crippen LogP contribution is -2.18. The Morgan fingerprint density at radius 2 is 2.40 bits per heavy atom. The monoisotopic (exact) mass is 225 g/mol. The van der Waals surface area contributed by atoms with Crippen molar-refractivity contribution < 1.29 is 0 Å². The van der Waals surface area contributed by atoms with Crippen LogP contribution < -0.4 is 10.2 Å². The van der Waals surface area contributed by atoms with E-state index in [-0.39, 0.29) is 0 Å². The lowest BCUT2D eigenvalue weighted by atomic mass is 10.3. The summed E-state index contributed by atoms with van der Waals surface area (Å²) in [4.78, 5) is 8.13. The van der Waals surface area contributed by atoms with Gasteiger partial charge in [-0.25, -0.2) is 4.98 Å². The van der Waals surface area contributed by atoms with E-state index in [1.165, 1.54) is 17.7 Å². The lowest BCUT2D eigenvalue weighted by molar-refractivity contribution is 0.606. The van der Waals surface area contributed by atoms with E-state index in [2.05, 4.69) is 36.1 Å². The van der Waals surface area contributed by atoms with E-state index in [9.17, 15) is 0 Å². The van der Waals surface area contributed by atoms with Gasteiger partial charge in [-0.3, -0.25) is 0 Å². The predicted molar refractivity (Wildman–Crippen MR) is 65.6 cm³/mol. The summed E-state index contributed by atoms with van der Waals surface area (Å²) in [6.45, 7) is 5.33. The highest BCUT2D eigenvalue weighted by Gasteiger charge is 2.28. The molecule has 1 aliphatic rings. The second-order valence-electron chi connectivity index (χ2n) is 4.17. The summed E-state index contributed by atoms with van der Waals surface area (Å²) in [5, 5.41) is 4.57. The number of nitrogens with zero attached hydrogens (tertiary/aromatic N) is 2. The number of anilines is 1. The van der Waals surface area contributed by atoms with Crippen LogP contribution in [-0.2, 0) is 0 Å². The van der Waals surface area contributed by atoms with Crippen LogP contribution in [0.15, 0.2) is 6.20 Å². The third-order valence-corrected chi connectivity index (χ3v) is 4.12. The fourth-order valence-corrected chi connectivity index (χ4v) is 2.64. The Balaban J connectivity index is 2.02. The van der Waals surface area contributed by atoms with E-state index >= 15 is 0 Å². The van der Waals surface area contributed by atoms with Crippen LogP contribution >= 0.6 is 11.3 Å². The van der Waals surface area contributed by atoms with Crippen molar-refractivity contribution in [1.82, 2.24) is 10.3 Å². The van der Waals surface area contributed by atoms with Crippen molar-refractivity contribution in [1.29, 1.82) is 0 Å². The fraction of sp³-hybridized carbons (Fsp3) is 0.727. The smallest absolute Gasteiger partial charge is 0.185 e. The molecule has 0 aromatic carbocycles. The summed E-state index contributed by atoms with van der Waals surface area (Å²) in [5.74, 6) is 0. The average Bonchev–Trinajstić information content (AvgIpc) is 2.95. The quantitative estimate of drug-likeness (QED) is 0.834. The van der Waals surface area contributed by atoms with Gasteiger partial charge in [0.2, 0.25) is 0 Å². The molecule has 84 valence electrons. The highest BCUT2D eigenvalue weighted by molar-refractivity contribution is 7.15. The molecule has 0 spiro atoms. The van der Waals surface area contributed by atoms with Crippen molar-refractivity contribution in [2.75, 3.05) is 18.5 Å². The maximum atomic E-state index is 4.49. The summed E-state index contributed by atoms with van der Waals surface area (Å²) < 4.78 is 0. The molecule has 0 radical (unpaired) electrons. The molecule has 1 heterocycles. The third-order valence-electron chi connectivity index (χ3n) is 2.84. The maximum absolute atomic E-state index is 4.49. The first-order chi connectivity index (χ1) is 7.22. The second-order valence-corrected chi connectivity index (χ2v) is 5.21. The molecule has 0 amide bonds. The molecule has 1 unspecified atom stereocenters. The van der Waals surface area contributed by atoms with Crippen LogP contribution in [-0.4, -0.2) is 24.6 Å². The molecular weight excluding hydrogens is 206 g/mol. The van der Waals surface area contributed by atoms with Crippen molar-refractivity contribution in [2.45, 2.75) is 38.8 Å².